The van der Waals surface area contributed by atoms with Crippen molar-refractivity contribution in [2.24, 2.45) is 7.05 Å². The molecule has 0 aliphatic rings. The summed E-state index contributed by atoms with van der Waals surface area (Å²) in [5.41, 5.74) is 4.34. The number of benzene rings is 2. The Morgan fingerprint density at radius 3 is 2.67 bits per heavy atom. The zero-order valence-corrected chi connectivity index (χ0v) is 16.3. The van der Waals surface area contributed by atoms with Crippen LogP contribution in [0.2, 0.25) is 0 Å². The highest BCUT2D eigenvalue weighted by atomic mass is 16.1. The summed E-state index contributed by atoms with van der Waals surface area (Å²) in [7, 11) is 1.90. The Hall–Kier alpha value is -4.20. The lowest BCUT2D eigenvalue weighted by atomic mass is 10.1. The Balaban J connectivity index is 1.43. The lowest BCUT2D eigenvalue weighted by molar-refractivity contribution is 0.768. The van der Waals surface area contributed by atoms with Gasteiger partial charge in [0.1, 0.15) is 5.39 Å². The Labute approximate surface area is 171 Å². The van der Waals surface area contributed by atoms with Crippen molar-refractivity contribution in [1.82, 2.24) is 29.5 Å². The van der Waals surface area contributed by atoms with Crippen LogP contribution >= 0.6 is 0 Å². The minimum atomic E-state index is -0.228. The van der Waals surface area contributed by atoms with E-state index in [1.807, 2.05) is 68.0 Å². The molecule has 0 atom stereocenters. The SMILES string of the molecule is Cn1cc(-c2cccc(CNc3nc4c(cnn4-c4ccccc4)c(=O)[nH]3)c2)cn1. The number of rotatable bonds is 5. The van der Waals surface area contributed by atoms with Crippen molar-refractivity contribution in [3.63, 3.8) is 0 Å². The standard InChI is InChI=1S/C22H19N7O/c1-28-14-17(12-24-28)16-7-5-6-15(10-16)11-23-22-26-20-19(21(30)27-22)13-25-29(20)18-8-3-2-4-9-18/h2-10,12-14H,11H2,1H3,(H2,23,26,27,30). The zero-order valence-electron chi connectivity index (χ0n) is 16.3. The van der Waals surface area contributed by atoms with E-state index in [1.54, 1.807) is 9.36 Å². The van der Waals surface area contributed by atoms with E-state index in [0.717, 1.165) is 22.4 Å². The molecule has 5 aromatic rings. The predicted octanol–water partition coefficient (Wildman–Crippen LogP) is 3.12. The van der Waals surface area contributed by atoms with Crippen LogP contribution in [0.25, 0.3) is 27.8 Å². The normalized spacial score (nSPS) is 11.1. The molecular weight excluding hydrogens is 378 g/mol. The molecule has 148 valence electrons. The molecule has 8 nitrogen and oxygen atoms in total. The highest BCUT2D eigenvalue weighted by Crippen LogP contribution is 2.20. The summed E-state index contributed by atoms with van der Waals surface area (Å²) in [6, 6.07) is 17.8. The van der Waals surface area contributed by atoms with Gasteiger partial charge in [0.05, 0.1) is 18.1 Å². The molecule has 0 amide bonds. The summed E-state index contributed by atoms with van der Waals surface area (Å²) in [6.45, 7) is 0.516. The molecule has 0 bridgehead atoms. The van der Waals surface area contributed by atoms with E-state index in [9.17, 15) is 4.79 Å². The molecule has 3 heterocycles. The van der Waals surface area contributed by atoms with Crippen LogP contribution in [0.1, 0.15) is 5.56 Å². The summed E-state index contributed by atoms with van der Waals surface area (Å²) < 4.78 is 3.44. The van der Waals surface area contributed by atoms with E-state index in [2.05, 4.69) is 31.5 Å². The molecule has 5 rings (SSSR count). The molecule has 0 aliphatic heterocycles. The van der Waals surface area contributed by atoms with E-state index < -0.39 is 0 Å². The molecule has 2 N–H and O–H groups in total. The number of anilines is 1. The highest BCUT2D eigenvalue weighted by molar-refractivity contribution is 5.76. The number of nitrogens with one attached hydrogen (secondary N) is 2. The van der Waals surface area contributed by atoms with E-state index in [1.165, 1.54) is 6.20 Å². The first kappa shape index (κ1) is 17.9. The third-order valence-corrected chi connectivity index (χ3v) is 4.86. The lowest BCUT2D eigenvalue weighted by Crippen LogP contribution is -2.13. The Morgan fingerprint density at radius 2 is 1.87 bits per heavy atom. The number of hydrogen-bond acceptors (Lipinski definition) is 5. The number of H-pyrrole nitrogens is 1. The van der Waals surface area contributed by atoms with Crippen LogP contribution in [-0.2, 0) is 13.6 Å². The molecule has 3 aromatic heterocycles. The second kappa shape index (κ2) is 7.32. The van der Waals surface area contributed by atoms with Gasteiger partial charge in [-0.05, 0) is 29.3 Å². The molecule has 0 spiro atoms. The predicted molar refractivity (Wildman–Crippen MR) is 115 cm³/mol. The fourth-order valence-electron chi connectivity index (χ4n) is 3.38. The Kier molecular flexibility index (Phi) is 4.36. The quantitative estimate of drug-likeness (QED) is 0.475. The van der Waals surface area contributed by atoms with Crippen molar-refractivity contribution in [2.45, 2.75) is 6.54 Å². The van der Waals surface area contributed by atoms with Gasteiger partial charge in [-0.1, -0.05) is 36.4 Å². The third kappa shape index (κ3) is 3.35. The topological polar surface area (TPSA) is 93.4 Å². The maximum atomic E-state index is 12.5. The average molecular weight is 397 g/mol. The van der Waals surface area contributed by atoms with Crippen LogP contribution in [0.15, 0.2) is 78.0 Å². The zero-order chi connectivity index (χ0) is 20.5. The average Bonchev–Trinajstić information content (AvgIpc) is 3.40. The summed E-state index contributed by atoms with van der Waals surface area (Å²) in [6.07, 6.45) is 5.35. The van der Waals surface area contributed by atoms with Gasteiger partial charge in [-0.2, -0.15) is 15.2 Å². The van der Waals surface area contributed by atoms with Gasteiger partial charge in [0.15, 0.2) is 5.65 Å². The van der Waals surface area contributed by atoms with Gasteiger partial charge < -0.3 is 5.32 Å². The van der Waals surface area contributed by atoms with Crippen molar-refractivity contribution < 1.29 is 0 Å². The molecule has 8 heteroatoms. The monoisotopic (exact) mass is 397 g/mol. The molecular formula is C22H19N7O. The number of aryl methyl sites for hydroxylation is 1. The number of hydrogen-bond donors (Lipinski definition) is 2. The van der Waals surface area contributed by atoms with E-state index >= 15 is 0 Å². The highest BCUT2D eigenvalue weighted by Gasteiger charge is 2.11. The van der Waals surface area contributed by atoms with Gasteiger partial charge in [0.25, 0.3) is 5.56 Å². The summed E-state index contributed by atoms with van der Waals surface area (Å²) in [5.74, 6) is 0.400. The third-order valence-electron chi connectivity index (χ3n) is 4.86. The molecule has 0 aliphatic carbocycles. The first-order valence-electron chi connectivity index (χ1n) is 9.53. The Bertz CT molecular complexity index is 1380. The van der Waals surface area contributed by atoms with E-state index in [0.29, 0.717) is 23.5 Å². The number of aromatic amines is 1. The van der Waals surface area contributed by atoms with Crippen LogP contribution in [0.5, 0.6) is 0 Å². The van der Waals surface area contributed by atoms with Gasteiger partial charge in [-0.15, -0.1) is 0 Å². The van der Waals surface area contributed by atoms with Gasteiger partial charge in [-0.3, -0.25) is 14.5 Å². The fourth-order valence-corrected chi connectivity index (χ4v) is 3.38. The van der Waals surface area contributed by atoms with Crippen molar-refractivity contribution in [1.29, 1.82) is 0 Å². The van der Waals surface area contributed by atoms with Gasteiger partial charge in [0, 0.05) is 25.4 Å². The number of fused-ring (bicyclic) bond motifs is 1. The van der Waals surface area contributed by atoms with Gasteiger partial charge >= 0.3 is 0 Å². The number of aromatic nitrogens is 6. The van der Waals surface area contributed by atoms with Crippen LogP contribution in [0.4, 0.5) is 5.95 Å². The van der Waals surface area contributed by atoms with Crippen molar-refractivity contribution >= 4 is 17.0 Å². The molecule has 0 saturated heterocycles. The maximum Gasteiger partial charge on any atom is 0.263 e. The van der Waals surface area contributed by atoms with Gasteiger partial charge in [0.2, 0.25) is 5.95 Å². The minimum absolute atomic E-state index is 0.228. The first-order chi connectivity index (χ1) is 14.7. The second-order valence-corrected chi connectivity index (χ2v) is 7.00. The molecule has 0 fully saturated rings. The minimum Gasteiger partial charge on any atom is -0.352 e. The summed E-state index contributed by atoms with van der Waals surface area (Å²) in [4.78, 5) is 19.9. The van der Waals surface area contributed by atoms with Crippen LogP contribution in [-0.4, -0.2) is 29.5 Å². The van der Waals surface area contributed by atoms with Crippen LogP contribution in [0, 0.1) is 0 Å². The summed E-state index contributed by atoms with van der Waals surface area (Å²) in [5, 5.41) is 12.2. The molecule has 2 aromatic carbocycles. The fraction of sp³-hybridized carbons (Fsp3) is 0.0909. The van der Waals surface area contributed by atoms with E-state index in [-0.39, 0.29) is 5.56 Å². The van der Waals surface area contributed by atoms with Gasteiger partial charge in [-0.25, -0.2) is 4.68 Å². The van der Waals surface area contributed by atoms with Crippen molar-refractivity contribution in [3.05, 3.63) is 89.1 Å². The first-order valence-corrected chi connectivity index (χ1v) is 9.53. The maximum absolute atomic E-state index is 12.5. The summed E-state index contributed by atoms with van der Waals surface area (Å²) >= 11 is 0. The van der Waals surface area contributed by atoms with Crippen LogP contribution in [0.3, 0.4) is 0 Å². The smallest absolute Gasteiger partial charge is 0.263 e. The van der Waals surface area contributed by atoms with Crippen molar-refractivity contribution in [3.8, 4) is 16.8 Å². The molecule has 0 radical (unpaired) electrons. The molecule has 0 unspecified atom stereocenters. The van der Waals surface area contributed by atoms with Crippen molar-refractivity contribution in [2.75, 3.05) is 5.32 Å². The number of nitrogens with zero attached hydrogens (tertiary/aromatic N) is 5. The molecule has 30 heavy (non-hydrogen) atoms. The largest absolute Gasteiger partial charge is 0.352 e. The van der Waals surface area contributed by atoms with Crippen LogP contribution < -0.4 is 10.9 Å². The second-order valence-electron chi connectivity index (χ2n) is 7.00. The molecule has 0 saturated carbocycles. The Morgan fingerprint density at radius 1 is 1.00 bits per heavy atom. The number of para-hydroxylation sites is 1. The van der Waals surface area contributed by atoms with E-state index in [4.69, 9.17) is 0 Å². The lowest BCUT2D eigenvalue weighted by Gasteiger charge is -2.08.